The summed E-state index contributed by atoms with van der Waals surface area (Å²) in [6, 6.07) is 18.6. The molecule has 0 saturated carbocycles. The van der Waals surface area contributed by atoms with E-state index in [1.807, 2.05) is 48.5 Å². The second-order valence-electron chi connectivity index (χ2n) is 5.51. The average Bonchev–Trinajstić information content (AvgIpc) is 2.66. The molecule has 1 heterocycles. The van der Waals surface area contributed by atoms with Crippen molar-refractivity contribution in [2.75, 3.05) is 7.11 Å². The average molecular weight is 335 g/mol. The lowest BCUT2D eigenvalue weighted by molar-refractivity contribution is -0.149. The maximum atomic E-state index is 12.6. The predicted molar refractivity (Wildman–Crippen MR) is 94.1 cm³/mol. The largest absolute Gasteiger partial charge is 0.466 e. The molecule has 3 aromatic rings. The van der Waals surface area contributed by atoms with Crippen LogP contribution in [0.5, 0.6) is 0 Å². The molecule has 0 fully saturated rings. The number of carbonyl (C=O) groups excluding carboxylic acids is 2. The first-order valence-electron chi connectivity index (χ1n) is 7.84. The van der Waals surface area contributed by atoms with Gasteiger partial charge in [-0.05, 0) is 19.1 Å². The number of benzene rings is 2. The van der Waals surface area contributed by atoms with Gasteiger partial charge in [0.2, 0.25) is 0 Å². The summed E-state index contributed by atoms with van der Waals surface area (Å²) < 4.78 is 9.85. The van der Waals surface area contributed by atoms with Crippen LogP contribution in [0.1, 0.15) is 17.3 Å². The Bertz CT molecular complexity index is 921. The second-order valence-corrected chi connectivity index (χ2v) is 5.51. The SMILES string of the molecule is COC(=O)[C@@H](C)OC(=O)c1cc(-c2ccccc2)nc2ccccc12. The molecule has 0 saturated heterocycles. The molecule has 5 heteroatoms. The van der Waals surface area contributed by atoms with Gasteiger partial charge in [-0.3, -0.25) is 0 Å². The number of pyridine rings is 1. The van der Waals surface area contributed by atoms with Crippen molar-refractivity contribution >= 4 is 22.8 Å². The van der Waals surface area contributed by atoms with Crippen LogP contribution in [0.2, 0.25) is 0 Å². The first kappa shape index (κ1) is 16.6. The van der Waals surface area contributed by atoms with E-state index in [0.29, 0.717) is 22.2 Å². The summed E-state index contributed by atoms with van der Waals surface area (Å²) >= 11 is 0. The first-order chi connectivity index (χ1) is 12.1. The monoisotopic (exact) mass is 335 g/mol. The summed E-state index contributed by atoms with van der Waals surface area (Å²) in [7, 11) is 1.25. The molecule has 0 unspecified atom stereocenters. The number of methoxy groups -OCH3 is 1. The minimum atomic E-state index is -0.982. The Labute approximate surface area is 145 Å². The number of aromatic nitrogens is 1. The zero-order chi connectivity index (χ0) is 17.8. The lowest BCUT2D eigenvalue weighted by Crippen LogP contribution is -2.25. The summed E-state index contributed by atoms with van der Waals surface area (Å²) in [6.45, 7) is 1.48. The number of esters is 2. The Morgan fingerprint density at radius 2 is 1.68 bits per heavy atom. The third-order valence-electron chi connectivity index (χ3n) is 3.82. The molecule has 0 amide bonds. The van der Waals surface area contributed by atoms with Crippen molar-refractivity contribution in [2.45, 2.75) is 13.0 Å². The van der Waals surface area contributed by atoms with E-state index in [2.05, 4.69) is 9.72 Å². The van der Waals surface area contributed by atoms with Crippen molar-refractivity contribution < 1.29 is 19.1 Å². The molecule has 126 valence electrons. The maximum Gasteiger partial charge on any atom is 0.346 e. The molecule has 5 nitrogen and oxygen atoms in total. The number of para-hydroxylation sites is 1. The van der Waals surface area contributed by atoms with Gasteiger partial charge in [0.1, 0.15) is 0 Å². The van der Waals surface area contributed by atoms with E-state index in [1.165, 1.54) is 14.0 Å². The molecule has 0 spiro atoms. The summed E-state index contributed by atoms with van der Waals surface area (Å²) in [5.41, 5.74) is 2.60. The third kappa shape index (κ3) is 3.50. The van der Waals surface area contributed by atoms with Crippen molar-refractivity contribution in [3.05, 3.63) is 66.2 Å². The van der Waals surface area contributed by atoms with Gasteiger partial charge in [0.05, 0.1) is 23.9 Å². The van der Waals surface area contributed by atoms with Crippen LogP contribution in [0, 0.1) is 0 Å². The number of fused-ring (bicyclic) bond motifs is 1. The van der Waals surface area contributed by atoms with Gasteiger partial charge in [0.25, 0.3) is 0 Å². The van der Waals surface area contributed by atoms with Gasteiger partial charge in [-0.1, -0.05) is 48.5 Å². The van der Waals surface area contributed by atoms with E-state index < -0.39 is 18.0 Å². The van der Waals surface area contributed by atoms with E-state index in [4.69, 9.17) is 4.74 Å². The molecule has 1 atom stereocenters. The number of ether oxygens (including phenoxy) is 2. The second kappa shape index (κ2) is 7.13. The summed E-state index contributed by atoms with van der Waals surface area (Å²) in [5.74, 6) is -1.19. The highest BCUT2D eigenvalue weighted by atomic mass is 16.6. The van der Waals surface area contributed by atoms with Crippen molar-refractivity contribution in [3.63, 3.8) is 0 Å². The molecule has 1 aromatic heterocycles. The Morgan fingerprint density at radius 1 is 1.00 bits per heavy atom. The zero-order valence-corrected chi connectivity index (χ0v) is 13.9. The molecule has 0 aliphatic carbocycles. The fourth-order valence-electron chi connectivity index (χ4n) is 2.54. The van der Waals surface area contributed by atoms with Gasteiger partial charge in [-0.25, -0.2) is 14.6 Å². The number of hydrogen-bond donors (Lipinski definition) is 0. The predicted octanol–water partition coefficient (Wildman–Crippen LogP) is 3.62. The first-order valence-corrected chi connectivity index (χ1v) is 7.84. The topological polar surface area (TPSA) is 65.5 Å². The van der Waals surface area contributed by atoms with Crippen molar-refractivity contribution in [1.82, 2.24) is 4.98 Å². The maximum absolute atomic E-state index is 12.6. The molecule has 3 rings (SSSR count). The Hall–Kier alpha value is -3.21. The molecule has 0 aliphatic heterocycles. The summed E-state index contributed by atoms with van der Waals surface area (Å²) in [5, 5.41) is 0.671. The van der Waals surface area contributed by atoms with Crippen LogP contribution in [0.3, 0.4) is 0 Å². The normalized spacial score (nSPS) is 11.8. The Morgan fingerprint density at radius 3 is 2.40 bits per heavy atom. The molecule has 0 bridgehead atoms. The van der Waals surface area contributed by atoms with Crippen LogP contribution in [-0.4, -0.2) is 30.1 Å². The van der Waals surface area contributed by atoms with Crippen LogP contribution >= 0.6 is 0 Å². The highest BCUT2D eigenvalue weighted by Gasteiger charge is 2.21. The van der Waals surface area contributed by atoms with Crippen LogP contribution in [0.15, 0.2) is 60.7 Å². The zero-order valence-electron chi connectivity index (χ0n) is 13.9. The molecule has 2 aromatic carbocycles. The third-order valence-corrected chi connectivity index (χ3v) is 3.82. The number of nitrogens with zero attached hydrogens (tertiary/aromatic N) is 1. The Kier molecular flexibility index (Phi) is 4.75. The standard InChI is InChI=1S/C20H17NO4/c1-13(19(22)24-2)25-20(23)16-12-18(14-8-4-3-5-9-14)21-17-11-7-6-10-15(16)17/h3-13H,1-2H3/t13-/m1/s1. The van der Waals surface area contributed by atoms with E-state index in [9.17, 15) is 9.59 Å². The minimum Gasteiger partial charge on any atom is -0.466 e. The summed E-state index contributed by atoms with van der Waals surface area (Å²) in [6.07, 6.45) is -0.982. The van der Waals surface area contributed by atoms with Crippen LogP contribution < -0.4 is 0 Å². The molecule has 25 heavy (non-hydrogen) atoms. The van der Waals surface area contributed by atoms with E-state index in [-0.39, 0.29) is 0 Å². The fourth-order valence-corrected chi connectivity index (χ4v) is 2.54. The van der Waals surface area contributed by atoms with E-state index in [1.54, 1.807) is 12.1 Å². The van der Waals surface area contributed by atoms with Gasteiger partial charge in [0, 0.05) is 10.9 Å². The highest BCUT2D eigenvalue weighted by molar-refractivity contribution is 6.05. The molecular formula is C20H17NO4. The fraction of sp³-hybridized carbons (Fsp3) is 0.150. The molecule has 0 N–H and O–H groups in total. The van der Waals surface area contributed by atoms with E-state index in [0.717, 1.165) is 5.56 Å². The van der Waals surface area contributed by atoms with Crippen molar-refractivity contribution in [1.29, 1.82) is 0 Å². The number of rotatable bonds is 4. The lowest BCUT2D eigenvalue weighted by Gasteiger charge is -2.13. The summed E-state index contributed by atoms with van der Waals surface area (Å²) in [4.78, 5) is 28.8. The number of carbonyl (C=O) groups is 2. The van der Waals surface area contributed by atoms with Crippen LogP contribution in [-0.2, 0) is 14.3 Å². The smallest absolute Gasteiger partial charge is 0.346 e. The quantitative estimate of drug-likeness (QED) is 0.681. The Balaban J connectivity index is 2.07. The van der Waals surface area contributed by atoms with Gasteiger partial charge in [-0.2, -0.15) is 0 Å². The minimum absolute atomic E-state index is 0.361. The molecular weight excluding hydrogens is 318 g/mol. The van der Waals surface area contributed by atoms with Gasteiger partial charge in [-0.15, -0.1) is 0 Å². The van der Waals surface area contributed by atoms with Crippen molar-refractivity contribution in [3.8, 4) is 11.3 Å². The molecule has 0 aliphatic rings. The van der Waals surface area contributed by atoms with Crippen LogP contribution in [0.25, 0.3) is 22.2 Å². The van der Waals surface area contributed by atoms with Crippen LogP contribution in [0.4, 0.5) is 0 Å². The van der Waals surface area contributed by atoms with E-state index >= 15 is 0 Å². The number of hydrogen-bond acceptors (Lipinski definition) is 5. The van der Waals surface area contributed by atoms with Crippen molar-refractivity contribution in [2.24, 2.45) is 0 Å². The van der Waals surface area contributed by atoms with Gasteiger partial charge in [0.15, 0.2) is 6.10 Å². The van der Waals surface area contributed by atoms with Gasteiger partial charge >= 0.3 is 11.9 Å². The van der Waals surface area contributed by atoms with Gasteiger partial charge < -0.3 is 9.47 Å². The highest BCUT2D eigenvalue weighted by Crippen LogP contribution is 2.25. The molecule has 0 radical (unpaired) electrons. The lowest BCUT2D eigenvalue weighted by atomic mass is 10.0.